The van der Waals surface area contributed by atoms with Crippen LogP contribution in [-0.2, 0) is 6.54 Å². The van der Waals surface area contributed by atoms with Gasteiger partial charge in [-0.3, -0.25) is 0 Å². The van der Waals surface area contributed by atoms with Gasteiger partial charge in [-0.15, -0.1) is 0 Å². The lowest BCUT2D eigenvalue weighted by Gasteiger charge is -2.30. The number of likely N-dealkylation sites (N-methyl/N-ethyl adjacent to an activating group) is 2. The maximum atomic E-state index is 3.58. The van der Waals surface area contributed by atoms with Gasteiger partial charge in [-0.25, -0.2) is 0 Å². The van der Waals surface area contributed by atoms with Gasteiger partial charge in [-0.2, -0.15) is 0 Å². The summed E-state index contributed by atoms with van der Waals surface area (Å²) in [5.74, 6) is 0. The molecule has 1 aromatic carbocycles. The predicted molar refractivity (Wildman–Crippen MR) is 73.6 cm³/mol. The molecule has 0 saturated heterocycles. The van der Waals surface area contributed by atoms with E-state index in [1.54, 1.807) is 0 Å². The fraction of sp³-hybridized carbons (Fsp3) is 0.538. The summed E-state index contributed by atoms with van der Waals surface area (Å²) in [4.78, 5) is 2.33. The number of halogens is 1. The van der Waals surface area contributed by atoms with E-state index in [1.807, 2.05) is 13.1 Å². The number of rotatable bonds is 5. The molecule has 0 bridgehead atoms. The van der Waals surface area contributed by atoms with Gasteiger partial charge in [0, 0.05) is 23.1 Å². The van der Waals surface area contributed by atoms with E-state index in [-0.39, 0.29) is 5.54 Å². The highest BCUT2D eigenvalue weighted by atomic mass is 79.9. The average Bonchev–Trinajstić information content (AvgIpc) is 2.21. The number of nitrogens with zero attached hydrogens (tertiary/aromatic N) is 1. The Bertz CT molecular complexity index is 336. The molecule has 0 unspecified atom stereocenters. The van der Waals surface area contributed by atoms with Gasteiger partial charge >= 0.3 is 0 Å². The molecular weight excluding hydrogens is 264 g/mol. The normalized spacial score (nSPS) is 12.1. The van der Waals surface area contributed by atoms with Crippen LogP contribution in [0.3, 0.4) is 0 Å². The predicted octanol–water partition coefficient (Wildman–Crippen LogP) is 2.88. The molecule has 0 aliphatic carbocycles. The number of hydrogen-bond donors (Lipinski definition) is 1. The van der Waals surface area contributed by atoms with E-state index in [2.05, 4.69) is 65.2 Å². The van der Waals surface area contributed by atoms with Crippen molar-refractivity contribution < 1.29 is 0 Å². The van der Waals surface area contributed by atoms with E-state index in [1.165, 1.54) is 10.0 Å². The molecule has 2 nitrogen and oxygen atoms in total. The van der Waals surface area contributed by atoms with Crippen LogP contribution < -0.4 is 5.32 Å². The topological polar surface area (TPSA) is 15.3 Å². The maximum absolute atomic E-state index is 3.58. The van der Waals surface area contributed by atoms with Crippen molar-refractivity contribution in [1.82, 2.24) is 10.2 Å². The molecule has 16 heavy (non-hydrogen) atoms. The fourth-order valence-corrected chi connectivity index (χ4v) is 2.14. The summed E-state index contributed by atoms with van der Waals surface area (Å²) >= 11 is 3.58. The summed E-state index contributed by atoms with van der Waals surface area (Å²) in [6.07, 6.45) is 0. The van der Waals surface area contributed by atoms with Gasteiger partial charge in [0.1, 0.15) is 0 Å². The minimum Gasteiger partial charge on any atom is -0.314 e. The van der Waals surface area contributed by atoms with Crippen LogP contribution in [0.1, 0.15) is 19.4 Å². The van der Waals surface area contributed by atoms with E-state index < -0.39 is 0 Å². The van der Waals surface area contributed by atoms with Crippen LogP contribution in [0.15, 0.2) is 28.7 Å². The Hall–Kier alpha value is -0.380. The van der Waals surface area contributed by atoms with Crippen molar-refractivity contribution in [3.05, 3.63) is 34.3 Å². The first-order valence-electron chi connectivity index (χ1n) is 5.55. The molecule has 1 N–H and O–H groups in total. The molecule has 0 aliphatic rings. The lowest BCUT2D eigenvalue weighted by Crippen LogP contribution is -2.46. The molecule has 0 spiro atoms. The minimum atomic E-state index is 0.149. The monoisotopic (exact) mass is 284 g/mol. The standard InChI is InChI=1S/C13H21BrN2/c1-13(2,15-3)10-16(4)9-11-7-5-6-8-12(11)14/h5-8,15H,9-10H2,1-4H3. The zero-order valence-electron chi connectivity index (χ0n) is 10.5. The number of hydrogen-bond acceptors (Lipinski definition) is 2. The first-order valence-corrected chi connectivity index (χ1v) is 6.35. The van der Waals surface area contributed by atoms with Crippen LogP contribution in [0.4, 0.5) is 0 Å². The molecule has 0 saturated carbocycles. The average molecular weight is 285 g/mol. The molecule has 0 radical (unpaired) electrons. The van der Waals surface area contributed by atoms with Gasteiger partial charge in [-0.1, -0.05) is 34.1 Å². The van der Waals surface area contributed by atoms with Crippen LogP contribution in [0.5, 0.6) is 0 Å². The Morgan fingerprint density at radius 2 is 1.94 bits per heavy atom. The largest absolute Gasteiger partial charge is 0.314 e. The van der Waals surface area contributed by atoms with E-state index >= 15 is 0 Å². The van der Waals surface area contributed by atoms with Gasteiger partial charge in [0.05, 0.1) is 0 Å². The van der Waals surface area contributed by atoms with Crippen molar-refractivity contribution in [2.45, 2.75) is 25.9 Å². The van der Waals surface area contributed by atoms with Crippen LogP contribution in [0.2, 0.25) is 0 Å². The van der Waals surface area contributed by atoms with Crippen molar-refractivity contribution in [2.24, 2.45) is 0 Å². The Morgan fingerprint density at radius 3 is 2.50 bits per heavy atom. The molecule has 90 valence electrons. The van der Waals surface area contributed by atoms with Crippen molar-refractivity contribution >= 4 is 15.9 Å². The molecular formula is C13H21BrN2. The summed E-state index contributed by atoms with van der Waals surface area (Å²) < 4.78 is 1.18. The SMILES string of the molecule is CNC(C)(C)CN(C)Cc1ccccc1Br. The molecule has 3 heteroatoms. The summed E-state index contributed by atoms with van der Waals surface area (Å²) in [5, 5.41) is 3.32. The highest BCUT2D eigenvalue weighted by Crippen LogP contribution is 2.18. The first-order chi connectivity index (χ1) is 7.44. The van der Waals surface area contributed by atoms with Crippen molar-refractivity contribution in [3.63, 3.8) is 0 Å². The van der Waals surface area contributed by atoms with E-state index in [0.717, 1.165) is 13.1 Å². The molecule has 0 fully saturated rings. The quantitative estimate of drug-likeness (QED) is 0.895. The summed E-state index contributed by atoms with van der Waals surface area (Å²) in [6, 6.07) is 8.38. The smallest absolute Gasteiger partial charge is 0.0249 e. The van der Waals surface area contributed by atoms with Gasteiger partial charge in [0.15, 0.2) is 0 Å². The zero-order chi connectivity index (χ0) is 12.2. The van der Waals surface area contributed by atoms with Crippen molar-refractivity contribution in [1.29, 1.82) is 0 Å². The van der Waals surface area contributed by atoms with Crippen molar-refractivity contribution in [2.75, 3.05) is 20.6 Å². The van der Waals surface area contributed by atoms with Crippen LogP contribution in [0.25, 0.3) is 0 Å². The minimum absolute atomic E-state index is 0.149. The third kappa shape index (κ3) is 4.24. The Labute approximate surface area is 107 Å². The van der Waals surface area contributed by atoms with Gasteiger partial charge in [-0.05, 0) is 39.6 Å². The van der Waals surface area contributed by atoms with Gasteiger partial charge in [0.2, 0.25) is 0 Å². The Balaban J connectivity index is 2.58. The lowest BCUT2D eigenvalue weighted by atomic mass is 10.1. The Kier molecular flexibility index (Phi) is 4.96. The second-order valence-electron chi connectivity index (χ2n) is 4.90. The third-order valence-corrected chi connectivity index (χ3v) is 3.51. The summed E-state index contributed by atoms with van der Waals surface area (Å²) in [6.45, 7) is 6.41. The molecule has 0 aromatic heterocycles. The van der Waals surface area contributed by atoms with E-state index in [9.17, 15) is 0 Å². The van der Waals surface area contributed by atoms with E-state index in [4.69, 9.17) is 0 Å². The third-order valence-electron chi connectivity index (χ3n) is 2.74. The molecule has 0 heterocycles. The highest BCUT2D eigenvalue weighted by Gasteiger charge is 2.17. The second kappa shape index (κ2) is 5.80. The van der Waals surface area contributed by atoms with Crippen LogP contribution in [0, 0.1) is 0 Å². The van der Waals surface area contributed by atoms with Crippen molar-refractivity contribution in [3.8, 4) is 0 Å². The lowest BCUT2D eigenvalue weighted by molar-refractivity contribution is 0.238. The maximum Gasteiger partial charge on any atom is 0.0249 e. The zero-order valence-corrected chi connectivity index (χ0v) is 12.1. The summed E-state index contributed by atoms with van der Waals surface area (Å²) in [7, 11) is 4.16. The number of benzene rings is 1. The highest BCUT2D eigenvalue weighted by molar-refractivity contribution is 9.10. The fourth-order valence-electron chi connectivity index (χ4n) is 1.73. The first kappa shape index (κ1) is 13.7. The van der Waals surface area contributed by atoms with Crippen LogP contribution >= 0.6 is 15.9 Å². The van der Waals surface area contributed by atoms with Gasteiger partial charge in [0.25, 0.3) is 0 Å². The molecule has 1 aromatic rings. The molecule has 0 aliphatic heterocycles. The molecule has 1 rings (SSSR count). The van der Waals surface area contributed by atoms with Crippen LogP contribution in [-0.4, -0.2) is 31.1 Å². The molecule has 0 atom stereocenters. The van der Waals surface area contributed by atoms with Gasteiger partial charge < -0.3 is 10.2 Å². The van der Waals surface area contributed by atoms with E-state index in [0.29, 0.717) is 0 Å². The summed E-state index contributed by atoms with van der Waals surface area (Å²) in [5.41, 5.74) is 1.48. The second-order valence-corrected chi connectivity index (χ2v) is 5.75. The molecule has 0 amide bonds. The number of nitrogens with one attached hydrogen (secondary N) is 1. The Morgan fingerprint density at radius 1 is 1.31 bits per heavy atom.